The second kappa shape index (κ2) is 53.2. The standard InChI is InChI=1S/C57H111NO5/c1-3-5-7-9-11-13-14-15-16-17-22-25-28-31-35-39-43-47-51-57(62)63-52-48-44-40-36-32-29-26-23-20-18-19-21-24-27-30-34-38-42-46-50-56(61)58-54(53-59)55(60)49-45-41-37-33-12-10-8-6-4-2/h16-17,54-55,59-60H,3-15,18-53H2,1-2H3,(H,58,61)/b17-16-. The second-order valence-electron chi connectivity index (χ2n) is 19.6. The number of ether oxygens (including phenoxy) is 1. The first-order valence-corrected chi connectivity index (χ1v) is 28.4. The van der Waals surface area contributed by atoms with Gasteiger partial charge in [-0.3, -0.25) is 9.59 Å². The number of carbonyl (C=O) groups is 2. The van der Waals surface area contributed by atoms with Crippen molar-refractivity contribution in [2.24, 2.45) is 0 Å². The van der Waals surface area contributed by atoms with Crippen molar-refractivity contribution < 1.29 is 24.5 Å². The average Bonchev–Trinajstić information content (AvgIpc) is 3.28. The predicted octanol–water partition coefficient (Wildman–Crippen LogP) is 17.3. The second-order valence-corrected chi connectivity index (χ2v) is 19.6. The summed E-state index contributed by atoms with van der Waals surface area (Å²) in [5.74, 6) is -0.0330. The molecular formula is C57H111NO5. The molecule has 374 valence electrons. The molecule has 0 radical (unpaired) electrons. The van der Waals surface area contributed by atoms with E-state index in [1.807, 2.05) is 0 Å². The molecule has 0 aromatic rings. The Morgan fingerprint density at radius 2 is 0.746 bits per heavy atom. The van der Waals surface area contributed by atoms with Gasteiger partial charge in [-0.15, -0.1) is 0 Å². The summed E-state index contributed by atoms with van der Waals surface area (Å²) in [4.78, 5) is 24.5. The maximum absolute atomic E-state index is 12.4. The number of hydrogen-bond acceptors (Lipinski definition) is 5. The van der Waals surface area contributed by atoms with Gasteiger partial charge in [0.1, 0.15) is 0 Å². The van der Waals surface area contributed by atoms with Crippen LogP contribution in [0.2, 0.25) is 0 Å². The highest BCUT2D eigenvalue weighted by Crippen LogP contribution is 2.17. The van der Waals surface area contributed by atoms with Gasteiger partial charge in [0.05, 0.1) is 25.4 Å². The third-order valence-corrected chi connectivity index (χ3v) is 13.3. The number of aliphatic hydroxyl groups is 2. The lowest BCUT2D eigenvalue weighted by molar-refractivity contribution is -0.143. The van der Waals surface area contributed by atoms with Crippen LogP contribution in [0.25, 0.3) is 0 Å². The molecule has 0 fully saturated rings. The average molecular weight is 891 g/mol. The molecule has 2 atom stereocenters. The van der Waals surface area contributed by atoms with E-state index in [1.54, 1.807) is 0 Å². The molecule has 0 heterocycles. The number of amides is 1. The zero-order chi connectivity index (χ0) is 45.8. The Hall–Kier alpha value is -1.40. The van der Waals surface area contributed by atoms with Crippen molar-refractivity contribution in [3.8, 4) is 0 Å². The van der Waals surface area contributed by atoms with E-state index < -0.39 is 12.1 Å². The van der Waals surface area contributed by atoms with E-state index in [-0.39, 0.29) is 18.5 Å². The Labute approximate surface area is 393 Å². The minimum Gasteiger partial charge on any atom is -0.466 e. The topological polar surface area (TPSA) is 95.9 Å². The van der Waals surface area contributed by atoms with Gasteiger partial charge in [0.15, 0.2) is 0 Å². The summed E-state index contributed by atoms with van der Waals surface area (Å²) >= 11 is 0. The van der Waals surface area contributed by atoms with Crippen LogP contribution in [0.15, 0.2) is 12.2 Å². The molecule has 63 heavy (non-hydrogen) atoms. The van der Waals surface area contributed by atoms with Crippen LogP contribution in [-0.4, -0.2) is 47.4 Å². The Bertz CT molecular complexity index is 939. The van der Waals surface area contributed by atoms with Gasteiger partial charge in [-0.25, -0.2) is 0 Å². The van der Waals surface area contributed by atoms with Gasteiger partial charge in [-0.2, -0.15) is 0 Å². The van der Waals surface area contributed by atoms with Crippen LogP contribution >= 0.6 is 0 Å². The van der Waals surface area contributed by atoms with E-state index in [9.17, 15) is 19.8 Å². The van der Waals surface area contributed by atoms with E-state index in [0.29, 0.717) is 25.9 Å². The Balaban J connectivity index is 3.35. The summed E-state index contributed by atoms with van der Waals surface area (Å²) in [5.41, 5.74) is 0. The van der Waals surface area contributed by atoms with Crippen molar-refractivity contribution in [1.82, 2.24) is 5.32 Å². The zero-order valence-electron chi connectivity index (χ0n) is 42.6. The molecule has 0 aromatic carbocycles. The van der Waals surface area contributed by atoms with Crippen LogP contribution in [0.5, 0.6) is 0 Å². The summed E-state index contributed by atoms with van der Waals surface area (Å²) in [7, 11) is 0. The maximum Gasteiger partial charge on any atom is 0.305 e. The lowest BCUT2D eigenvalue weighted by atomic mass is 10.0. The zero-order valence-corrected chi connectivity index (χ0v) is 42.6. The van der Waals surface area contributed by atoms with Gasteiger partial charge in [0.25, 0.3) is 0 Å². The van der Waals surface area contributed by atoms with E-state index in [0.717, 1.165) is 44.9 Å². The fourth-order valence-corrected chi connectivity index (χ4v) is 8.93. The third kappa shape index (κ3) is 49.9. The van der Waals surface area contributed by atoms with Crippen molar-refractivity contribution in [2.75, 3.05) is 13.2 Å². The fraction of sp³-hybridized carbons (Fsp3) is 0.930. The van der Waals surface area contributed by atoms with Gasteiger partial charge in [0, 0.05) is 12.8 Å². The molecule has 0 rings (SSSR count). The summed E-state index contributed by atoms with van der Waals surface area (Å²) in [6, 6.07) is -0.541. The van der Waals surface area contributed by atoms with Crippen molar-refractivity contribution in [3.05, 3.63) is 12.2 Å². The molecule has 0 aliphatic carbocycles. The molecule has 2 unspecified atom stereocenters. The van der Waals surface area contributed by atoms with Crippen molar-refractivity contribution >= 4 is 11.9 Å². The van der Waals surface area contributed by atoms with Crippen LogP contribution in [-0.2, 0) is 14.3 Å². The van der Waals surface area contributed by atoms with E-state index in [1.165, 1.54) is 238 Å². The highest BCUT2D eigenvalue weighted by molar-refractivity contribution is 5.76. The first-order chi connectivity index (χ1) is 31.0. The van der Waals surface area contributed by atoms with E-state index >= 15 is 0 Å². The Kier molecular flexibility index (Phi) is 52.0. The monoisotopic (exact) mass is 890 g/mol. The molecule has 0 aromatic heterocycles. The summed E-state index contributed by atoms with van der Waals surface area (Å²) in [6.07, 6.45) is 62.1. The lowest BCUT2D eigenvalue weighted by Gasteiger charge is -2.22. The summed E-state index contributed by atoms with van der Waals surface area (Å²) in [5, 5.41) is 23.1. The molecule has 1 amide bonds. The molecule has 0 aliphatic rings. The van der Waals surface area contributed by atoms with Gasteiger partial charge < -0.3 is 20.3 Å². The number of unbranched alkanes of at least 4 members (excludes halogenated alkanes) is 40. The molecule has 3 N–H and O–H groups in total. The highest BCUT2D eigenvalue weighted by Gasteiger charge is 2.20. The number of allylic oxidation sites excluding steroid dienone is 2. The van der Waals surface area contributed by atoms with Gasteiger partial charge in [-0.05, 0) is 51.4 Å². The van der Waals surface area contributed by atoms with Crippen LogP contribution < -0.4 is 5.32 Å². The molecule has 0 saturated heterocycles. The van der Waals surface area contributed by atoms with E-state index in [4.69, 9.17) is 4.74 Å². The quantitative estimate of drug-likeness (QED) is 0.0321. The van der Waals surface area contributed by atoms with Gasteiger partial charge in [-0.1, -0.05) is 264 Å². The number of aliphatic hydroxyl groups excluding tert-OH is 2. The molecule has 0 spiro atoms. The molecule has 0 aliphatic heterocycles. The van der Waals surface area contributed by atoms with E-state index in [2.05, 4.69) is 31.3 Å². The predicted molar refractivity (Wildman–Crippen MR) is 273 cm³/mol. The van der Waals surface area contributed by atoms with Gasteiger partial charge in [0.2, 0.25) is 5.91 Å². The van der Waals surface area contributed by atoms with Crippen LogP contribution in [0.1, 0.15) is 316 Å². The first-order valence-electron chi connectivity index (χ1n) is 28.4. The van der Waals surface area contributed by atoms with Crippen LogP contribution in [0.4, 0.5) is 0 Å². The minimum atomic E-state index is -0.663. The van der Waals surface area contributed by atoms with Crippen molar-refractivity contribution in [2.45, 2.75) is 328 Å². The molecule has 0 saturated carbocycles. The maximum atomic E-state index is 12.4. The number of rotatable bonds is 53. The highest BCUT2D eigenvalue weighted by atomic mass is 16.5. The van der Waals surface area contributed by atoms with Crippen molar-refractivity contribution in [1.29, 1.82) is 0 Å². The molecule has 6 nitrogen and oxygen atoms in total. The largest absolute Gasteiger partial charge is 0.466 e. The number of esters is 1. The number of hydrogen-bond donors (Lipinski definition) is 3. The Morgan fingerprint density at radius 1 is 0.429 bits per heavy atom. The van der Waals surface area contributed by atoms with Crippen molar-refractivity contribution in [3.63, 3.8) is 0 Å². The van der Waals surface area contributed by atoms with Crippen LogP contribution in [0.3, 0.4) is 0 Å². The number of carbonyl (C=O) groups excluding carboxylic acids is 2. The molecule has 0 bridgehead atoms. The Morgan fingerprint density at radius 3 is 1.13 bits per heavy atom. The SMILES string of the molecule is CCCCCCCCC/C=C\CCCCCCCCCC(=O)OCCCCCCCCCCCCCCCCCCCCCC(=O)NC(CO)C(O)CCCCCCCCCCC. The number of nitrogens with one attached hydrogen (secondary N) is 1. The normalized spacial score (nSPS) is 12.6. The first kappa shape index (κ1) is 61.6. The molecular weight excluding hydrogens is 779 g/mol. The lowest BCUT2D eigenvalue weighted by Crippen LogP contribution is -2.45. The smallest absolute Gasteiger partial charge is 0.305 e. The summed E-state index contributed by atoms with van der Waals surface area (Å²) in [6.45, 7) is 4.93. The van der Waals surface area contributed by atoms with Crippen LogP contribution in [0, 0.1) is 0 Å². The van der Waals surface area contributed by atoms with Gasteiger partial charge >= 0.3 is 5.97 Å². The third-order valence-electron chi connectivity index (χ3n) is 13.3. The fourth-order valence-electron chi connectivity index (χ4n) is 8.93. The molecule has 6 heteroatoms. The summed E-state index contributed by atoms with van der Waals surface area (Å²) < 4.78 is 5.49. The minimum absolute atomic E-state index is 0.00637.